The fourth-order valence-corrected chi connectivity index (χ4v) is 5.38. The van der Waals surface area contributed by atoms with Gasteiger partial charge in [-0.1, -0.05) is 0 Å². The zero-order chi connectivity index (χ0) is 27.7. The second-order valence-electron chi connectivity index (χ2n) is 9.15. The van der Waals surface area contributed by atoms with Crippen LogP contribution in [0.25, 0.3) is 0 Å². The van der Waals surface area contributed by atoms with Crippen LogP contribution in [-0.4, -0.2) is 72.5 Å². The molecule has 0 spiro atoms. The van der Waals surface area contributed by atoms with Gasteiger partial charge in [0.15, 0.2) is 0 Å². The molecule has 0 amide bonds. The van der Waals surface area contributed by atoms with Gasteiger partial charge in [-0.3, -0.25) is 33.5 Å². The van der Waals surface area contributed by atoms with Crippen molar-refractivity contribution >= 4 is 13.9 Å². The molecule has 0 bridgehead atoms. The SMILES string of the molecule is CC(=O)P(OC[C@H]1O[C@@H](n2cc(C)c(=O)[nH]c2=O)C[C@@H]1O)O[C@H]1C[C@H](n2cc(C)c(=O)[nH]c2=O)O[C@@H]1CO. The summed E-state index contributed by atoms with van der Waals surface area (Å²) in [7, 11) is -2.17. The maximum Gasteiger partial charge on any atom is 0.330 e. The molecule has 4 rings (SSSR count). The molecule has 2 aliphatic rings. The summed E-state index contributed by atoms with van der Waals surface area (Å²) in [6, 6.07) is 0. The van der Waals surface area contributed by atoms with Gasteiger partial charge in [0.1, 0.15) is 24.7 Å². The molecule has 2 aliphatic heterocycles. The number of aliphatic hydroxyl groups is 2. The highest BCUT2D eigenvalue weighted by atomic mass is 31.2. The summed E-state index contributed by atoms with van der Waals surface area (Å²) < 4.78 is 25.4. The number of nitrogens with one attached hydrogen (secondary N) is 2. The molecule has 2 aromatic heterocycles. The summed E-state index contributed by atoms with van der Waals surface area (Å²) in [6.45, 7) is 3.63. The molecule has 0 aliphatic carbocycles. The first kappa shape index (κ1) is 28.2. The van der Waals surface area contributed by atoms with Crippen LogP contribution in [0, 0.1) is 13.8 Å². The number of nitrogens with zero attached hydrogens (tertiary/aromatic N) is 2. The third-order valence-electron chi connectivity index (χ3n) is 6.32. The lowest BCUT2D eigenvalue weighted by Crippen LogP contribution is -2.33. The van der Waals surface area contributed by atoms with Crippen molar-refractivity contribution in [3.63, 3.8) is 0 Å². The van der Waals surface area contributed by atoms with Crippen molar-refractivity contribution in [2.24, 2.45) is 0 Å². The Kier molecular flexibility index (Phi) is 8.57. The molecule has 0 aromatic carbocycles. The largest absolute Gasteiger partial charge is 0.394 e. The molecule has 38 heavy (non-hydrogen) atoms. The standard InChI is InChI=1S/C22H29N4O11P/c1-10-6-25(21(32)23-19(10)30)17-4-13(29)16(36-17)9-34-38(12(3)28)37-14-5-18(35-15(14)8-27)26-7-11(2)20(31)24-22(26)33/h6-7,13-18,27,29H,4-5,8-9H2,1-3H3,(H,23,30,32)(H,24,31,33)/t13-,14-,15+,16+,17+,18+,38?/m0/s1. The third kappa shape index (κ3) is 5.94. The molecular formula is C22H29N4O11P. The van der Waals surface area contributed by atoms with E-state index in [4.69, 9.17) is 18.5 Å². The number of carbonyl (C=O) groups excluding carboxylic acids is 1. The highest BCUT2D eigenvalue weighted by Gasteiger charge is 2.41. The van der Waals surface area contributed by atoms with E-state index in [0.29, 0.717) is 11.1 Å². The molecule has 4 heterocycles. The first-order valence-electron chi connectivity index (χ1n) is 11.8. The number of aromatic amines is 2. The molecule has 16 heteroatoms. The topological polar surface area (TPSA) is 204 Å². The lowest BCUT2D eigenvalue weighted by Gasteiger charge is -2.23. The van der Waals surface area contributed by atoms with Crippen LogP contribution < -0.4 is 22.5 Å². The molecule has 2 saturated heterocycles. The van der Waals surface area contributed by atoms with Crippen LogP contribution in [0.1, 0.15) is 43.3 Å². The van der Waals surface area contributed by atoms with Crippen LogP contribution in [0.4, 0.5) is 0 Å². The minimum atomic E-state index is -2.17. The second-order valence-corrected chi connectivity index (χ2v) is 10.8. The van der Waals surface area contributed by atoms with Crippen molar-refractivity contribution in [1.29, 1.82) is 0 Å². The number of H-pyrrole nitrogens is 2. The summed E-state index contributed by atoms with van der Waals surface area (Å²) in [4.78, 5) is 64.4. The Morgan fingerprint density at radius 1 is 1.00 bits per heavy atom. The predicted molar refractivity (Wildman–Crippen MR) is 131 cm³/mol. The molecule has 4 N–H and O–H groups in total. The summed E-state index contributed by atoms with van der Waals surface area (Å²) in [5.41, 5.74) is -2.26. The maximum atomic E-state index is 12.3. The number of hydrogen-bond acceptors (Lipinski definition) is 11. The number of aliphatic hydroxyl groups excluding tert-OH is 2. The van der Waals surface area contributed by atoms with Gasteiger partial charge in [0, 0.05) is 43.3 Å². The van der Waals surface area contributed by atoms with Gasteiger partial charge in [-0.25, -0.2) is 9.59 Å². The van der Waals surface area contributed by atoms with Crippen LogP contribution in [0.3, 0.4) is 0 Å². The highest BCUT2D eigenvalue weighted by Crippen LogP contribution is 2.45. The van der Waals surface area contributed by atoms with Crippen LogP contribution in [0.2, 0.25) is 0 Å². The first-order chi connectivity index (χ1) is 18.0. The van der Waals surface area contributed by atoms with Crippen LogP contribution >= 0.6 is 8.38 Å². The summed E-state index contributed by atoms with van der Waals surface area (Å²) in [5, 5.41) is 20.2. The smallest absolute Gasteiger partial charge is 0.330 e. The van der Waals surface area contributed by atoms with E-state index in [1.54, 1.807) is 0 Å². The molecule has 15 nitrogen and oxygen atoms in total. The van der Waals surface area contributed by atoms with Gasteiger partial charge < -0.3 is 28.7 Å². The molecule has 1 unspecified atom stereocenters. The fraction of sp³-hybridized carbons (Fsp3) is 0.591. The van der Waals surface area contributed by atoms with E-state index < -0.39 is 79.9 Å². The molecular weight excluding hydrogens is 527 g/mol. The quantitative estimate of drug-likeness (QED) is 0.273. The van der Waals surface area contributed by atoms with Gasteiger partial charge in [-0.15, -0.1) is 0 Å². The number of ether oxygens (including phenoxy) is 2. The summed E-state index contributed by atoms with van der Waals surface area (Å²) >= 11 is 0. The van der Waals surface area contributed by atoms with E-state index in [0.717, 1.165) is 0 Å². The van der Waals surface area contributed by atoms with Crippen molar-refractivity contribution in [2.75, 3.05) is 13.2 Å². The van der Waals surface area contributed by atoms with E-state index in [-0.39, 0.29) is 19.4 Å². The van der Waals surface area contributed by atoms with Crippen molar-refractivity contribution in [3.05, 3.63) is 65.2 Å². The van der Waals surface area contributed by atoms with E-state index >= 15 is 0 Å². The van der Waals surface area contributed by atoms with Crippen molar-refractivity contribution in [2.45, 2.75) is 70.5 Å². The molecule has 0 saturated carbocycles. The van der Waals surface area contributed by atoms with Gasteiger partial charge in [-0.05, 0) is 13.8 Å². The van der Waals surface area contributed by atoms with Crippen LogP contribution in [-0.2, 0) is 23.3 Å². The van der Waals surface area contributed by atoms with Crippen LogP contribution in [0.5, 0.6) is 0 Å². The normalized spacial score (nSPS) is 28.0. The number of aromatic nitrogens is 4. The predicted octanol–water partition coefficient (Wildman–Crippen LogP) is -1.11. The number of aryl methyl sites for hydroxylation is 2. The second kappa shape index (κ2) is 11.5. The zero-order valence-corrected chi connectivity index (χ0v) is 21.8. The number of rotatable bonds is 9. The fourth-order valence-electron chi connectivity index (χ4n) is 4.24. The number of hydrogen-bond donors (Lipinski definition) is 4. The first-order valence-corrected chi connectivity index (χ1v) is 13.0. The lowest BCUT2D eigenvalue weighted by atomic mass is 10.2. The Morgan fingerprint density at radius 2 is 1.53 bits per heavy atom. The lowest BCUT2D eigenvalue weighted by molar-refractivity contribution is -0.112. The maximum absolute atomic E-state index is 12.3. The average molecular weight is 556 g/mol. The number of carbonyl (C=O) groups is 1. The van der Waals surface area contributed by atoms with Crippen molar-refractivity contribution in [3.8, 4) is 0 Å². The molecule has 208 valence electrons. The minimum Gasteiger partial charge on any atom is -0.394 e. The Labute approximate surface area is 215 Å². The van der Waals surface area contributed by atoms with E-state index in [2.05, 4.69) is 9.97 Å². The van der Waals surface area contributed by atoms with Gasteiger partial charge in [0.2, 0.25) is 13.9 Å². The van der Waals surface area contributed by atoms with E-state index in [9.17, 15) is 34.2 Å². The van der Waals surface area contributed by atoms with Crippen LogP contribution in [0.15, 0.2) is 31.6 Å². The van der Waals surface area contributed by atoms with Gasteiger partial charge >= 0.3 is 11.4 Å². The Morgan fingerprint density at radius 3 is 2.05 bits per heavy atom. The van der Waals surface area contributed by atoms with E-state index in [1.807, 2.05) is 0 Å². The molecule has 7 atom stereocenters. The zero-order valence-electron chi connectivity index (χ0n) is 20.9. The molecule has 2 aromatic rings. The van der Waals surface area contributed by atoms with E-state index in [1.165, 1.54) is 42.3 Å². The average Bonchev–Trinajstić information content (AvgIpc) is 3.43. The monoisotopic (exact) mass is 556 g/mol. The highest BCUT2D eigenvalue weighted by molar-refractivity contribution is 7.65. The molecule has 2 fully saturated rings. The Bertz CT molecular complexity index is 1420. The van der Waals surface area contributed by atoms with Gasteiger partial charge in [0.25, 0.3) is 11.1 Å². The van der Waals surface area contributed by atoms with Crippen molar-refractivity contribution < 1.29 is 33.5 Å². The van der Waals surface area contributed by atoms with Gasteiger partial charge in [-0.2, -0.15) is 0 Å². The summed E-state index contributed by atoms with van der Waals surface area (Å²) in [6.07, 6.45) is -2.49. The third-order valence-corrected chi connectivity index (χ3v) is 7.68. The van der Waals surface area contributed by atoms with Crippen molar-refractivity contribution in [1.82, 2.24) is 19.1 Å². The minimum absolute atomic E-state index is 0.0519. The summed E-state index contributed by atoms with van der Waals surface area (Å²) in [5.74, 6) is 0. The molecule has 0 radical (unpaired) electrons. The Hall–Kier alpha value is -2.78. The van der Waals surface area contributed by atoms with Gasteiger partial charge in [0.05, 0.1) is 25.4 Å². The Balaban J connectivity index is 1.41.